The minimum Gasteiger partial charge on any atom is -0.326 e. The molecule has 17 heavy (non-hydrogen) atoms. The number of aryl methyl sites for hydroxylation is 2. The molecule has 0 bridgehead atoms. The molecular formula is C14H20N2O. The van der Waals surface area contributed by atoms with Gasteiger partial charge in [0.25, 0.3) is 0 Å². The van der Waals surface area contributed by atoms with Gasteiger partial charge in [-0.15, -0.1) is 0 Å². The number of carbonyl (C=O) groups excluding carboxylic acids is 1. The fraction of sp³-hybridized carbons (Fsp3) is 0.500. The highest BCUT2D eigenvalue weighted by Gasteiger charge is 2.21. The second-order valence-corrected chi connectivity index (χ2v) is 4.85. The summed E-state index contributed by atoms with van der Waals surface area (Å²) < 4.78 is 0. The molecule has 1 atom stereocenters. The molecule has 1 aliphatic heterocycles. The van der Waals surface area contributed by atoms with Gasteiger partial charge in [-0.05, 0) is 44.9 Å². The molecule has 1 fully saturated rings. The van der Waals surface area contributed by atoms with E-state index < -0.39 is 0 Å². The van der Waals surface area contributed by atoms with E-state index in [-0.39, 0.29) is 11.8 Å². The van der Waals surface area contributed by atoms with Crippen molar-refractivity contribution in [2.45, 2.75) is 26.7 Å². The largest absolute Gasteiger partial charge is 0.326 e. The topological polar surface area (TPSA) is 41.1 Å². The maximum absolute atomic E-state index is 12.1. The molecule has 3 heteroatoms. The zero-order valence-corrected chi connectivity index (χ0v) is 10.5. The number of hydrogen-bond donors (Lipinski definition) is 2. The van der Waals surface area contributed by atoms with Gasteiger partial charge in [0.1, 0.15) is 0 Å². The van der Waals surface area contributed by atoms with Gasteiger partial charge in [0.2, 0.25) is 5.91 Å². The molecule has 2 rings (SSSR count). The van der Waals surface area contributed by atoms with Crippen molar-refractivity contribution in [1.29, 1.82) is 0 Å². The van der Waals surface area contributed by atoms with Gasteiger partial charge in [-0.25, -0.2) is 0 Å². The number of anilines is 1. The minimum absolute atomic E-state index is 0.115. The summed E-state index contributed by atoms with van der Waals surface area (Å²) in [5.74, 6) is 0.258. The molecule has 1 aromatic rings. The van der Waals surface area contributed by atoms with E-state index in [0.29, 0.717) is 0 Å². The average molecular weight is 232 g/mol. The zero-order chi connectivity index (χ0) is 12.3. The predicted molar refractivity (Wildman–Crippen MR) is 70.1 cm³/mol. The molecular weight excluding hydrogens is 212 g/mol. The zero-order valence-electron chi connectivity index (χ0n) is 10.5. The van der Waals surface area contributed by atoms with Gasteiger partial charge in [0, 0.05) is 12.2 Å². The van der Waals surface area contributed by atoms with Crippen LogP contribution >= 0.6 is 0 Å². The fourth-order valence-corrected chi connectivity index (χ4v) is 2.26. The fourth-order valence-electron chi connectivity index (χ4n) is 2.26. The Bertz CT molecular complexity index is 409. The SMILES string of the molecule is Cc1ccc(NC(=O)[C@@H]2CCCNC2)c(C)c1. The van der Waals surface area contributed by atoms with Gasteiger partial charge in [-0.1, -0.05) is 17.7 Å². The number of piperidine rings is 1. The Hall–Kier alpha value is -1.35. The predicted octanol–water partition coefficient (Wildman–Crippen LogP) is 2.24. The minimum atomic E-state index is 0.115. The third kappa shape index (κ3) is 3.07. The normalized spacial score (nSPS) is 20.0. The van der Waals surface area contributed by atoms with E-state index in [9.17, 15) is 4.79 Å². The number of amides is 1. The monoisotopic (exact) mass is 232 g/mol. The first-order valence-electron chi connectivity index (χ1n) is 6.25. The molecule has 3 nitrogen and oxygen atoms in total. The van der Waals surface area contributed by atoms with E-state index in [0.717, 1.165) is 37.2 Å². The van der Waals surface area contributed by atoms with E-state index in [1.54, 1.807) is 0 Å². The van der Waals surface area contributed by atoms with Crippen molar-refractivity contribution in [3.63, 3.8) is 0 Å². The van der Waals surface area contributed by atoms with Gasteiger partial charge in [-0.3, -0.25) is 4.79 Å². The summed E-state index contributed by atoms with van der Waals surface area (Å²) in [4.78, 5) is 12.1. The molecule has 1 amide bonds. The van der Waals surface area contributed by atoms with Crippen molar-refractivity contribution < 1.29 is 4.79 Å². The molecule has 1 aliphatic rings. The van der Waals surface area contributed by atoms with Crippen LogP contribution in [0.25, 0.3) is 0 Å². The van der Waals surface area contributed by atoms with Gasteiger partial charge < -0.3 is 10.6 Å². The van der Waals surface area contributed by atoms with Crippen LogP contribution in [-0.4, -0.2) is 19.0 Å². The Morgan fingerprint density at radius 3 is 2.88 bits per heavy atom. The number of rotatable bonds is 2. The van der Waals surface area contributed by atoms with Crippen LogP contribution in [0.4, 0.5) is 5.69 Å². The van der Waals surface area contributed by atoms with Crippen LogP contribution in [0.2, 0.25) is 0 Å². The summed E-state index contributed by atoms with van der Waals surface area (Å²) in [6, 6.07) is 6.11. The molecule has 0 spiro atoms. The Labute approximate surface area is 103 Å². The molecule has 1 saturated heterocycles. The van der Waals surface area contributed by atoms with Crippen LogP contribution in [0, 0.1) is 19.8 Å². The van der Waals surface area contributed by atoms with E-state index in [4.69, 9.17) is 0 Å². The Morgan fingerprint density at radius 1 is 1.41 bits per heavy atom. The first kappa shape index (κ1) is 12.1. The number of benzene rings is 1. The highest BCUT2D eigenvalue weighted by Crippen LogP contribution is 2.18. The van der Waals surface area contributed by atoms with Crippen LogP contribution in [0.5, 0.6) is 0 Å². The maximum atomic E-state index is 12.1. The first-order valence-corrected chi connectivity index (χ1v) is 6.25. The van der Waals surface area contributed by atoms with Crippen molar-refractivity contribution in [3.05, 3.63) is 29.3 Å². The number of nitrogens with one attached hydrogen (secondary N) is 2. The van der Waals surface area contributed by atoms with Crippen LogP contribution in [0.1, 0.15) is 24.0 Å². The Kier molecular flexibility index (Phi) is 3.79. The lowest BCUT2D eigenvalue weighted by Crippen LogP contribution is -2.37. The molecule has 0 saturated carbocycles. The molecule has 1 aromatic carbocycles. The smallest absolute Gasteiger partial charge is 0.228 e. The van der Waals surface area contributed by atoms with Gasteiger partial charge in [0.15, 0.2) is 0 Å². The van der Waals surface area contributed by atoms with Crippen molar-refractivity contribution in [1.82, 2.24) is 5.32 Å². The van der Waals surface area contributed by atoms with Gasteiger partial charge in [0.05, 0.1) is 5.92 Å². The lowest BCUT2D eigenvalue weighted by atomic mass is 9.98. The Morgan fingerprint density at radius 2 is 2.24 bits per heavy atom. The second kappa shape index (κ2) is 5.32. The van der Waals surface area contributed by atoms with Crippen LogP contribution in [0.15, 0.2) is 18.2 Å². The van der Waals surface area contributed by atoms with Crippen LogP contribution < -0.4 is 10.6 Å². The lowest BCUT2D eigenvalue weighted by molar-refractivity contribution is -0.120. The molecule has 2 N–H and O–H groups in total. The molecule has 0 aliphatic carbocycles. The third-order valence-electron chi connectivity index (χ3n) is 3.31. The quantitative estimate of drug-likeness (QED) is 0.821. The molecule has 0 unspecified atom stereocenters. The summed E-state index contributed by atoms with van der Waals surface area (Å²) in [6.45, 7) is 5.93. The summed E-state index contributed by atoms with van der Waals surface area (Å²) >= 11 is 0. The number of carbonyl (C=O) groups is 1. The molecule has 1 heterocycles. The van der Waals surface area contributed by atoms with Gasteiger partial charge >= 0.3 is 0 Å². The summed E-state index contributed by atoms with van der Waals surface area (Å²) in [6.07, 6.45) is 2.08. The standard InChI is InChI=1S/C14H20N2O/c1-10-5-6-13(11(2)8-10)16-14(17)12-4-3-7-15-9-12/h5-6,8,12,15H,3-4,7,9H2,1-2H3,(H,16,17)/t12-/m1/s1. The summed E-state index contributed by atoms with van der Waals surface area (Å²) in [5.41, 5.74) is 3.29. The number of hydrogen-bond acceptors (Lipinski definition) is 2. The lowest BCUT2D eigenvalue weighted by Gasteiger charge is -2.22. The highest BCUT2D eigenvalue weighted by atomic mass is 16.1. The van der Waals surface area contributed by atoms with E-state index >= 15 is 0 Å². The second-order valence-electron chi connectivity index (χ2n) is 4.85. The first-order chi connectivity index (χ1) is 8.16. The van der Waals surface area contributed by atoms with E-state index in [1.807, 2.05) is 19.1 Å². The highest BCUT2D eigenvalue weighted by molar-refractivity contribution is 5.93. The third-order valence-corrected chi connectivity index (χ3v) is 3.31. The van der Waals surface area contributed by atoms with Crippen LogP contribution in [0.3, 0.4) is 0 Å². The van der Waals surface area contributed by atoms with Crippen molar-refractivity contribution in [2.75, 3.05) is 18.4 Å². The van der Waals surface area contributed by atoms with E-state index in [2.05, 4.69) is 23.6 Å². The Balaban J connectivity index is 2.02. The summed E-state index contributed by atoms with van der Waals surface area (Å²) in [5, 5.41) is 6.29. The van der Waals surface area contributed by atoms with Crippen molar-refractivity contribution in [2.24, 2.45) is 5.92 Å². The average Bonchev–Trinajstić information content (AvgIpc) is 2.34. The van der Waals surface area contributed by atoms with Crippen LogP contribution in [-0.2, 0) is 4.79 Å². The summed E-state index contributed by atoms with van der Waals surface area (Å²) in [7, 11) is 0. The van der Waals surface area contributed by atoms with E-state index in [1.165, 1.54) is 5.56 Å². The van der Waals surface area contributed by atoms with Gasteiger partial charge in [-0.2, -0.15) is 0 Å². The maximum Gasteiger partial charge on any atom is 0.228 e. The molecule has 0 aromatic heterocycles. The molecule has 0 radical (unpaired) electrons. The van der Waals surface area contributed by atoms with Crippen molar-refractivity contribution in [3.8, 4) is 0 Å². The molecule has 92 valence electrons. The van der Waals surface area contributed by atoms with Crippen molar-refractivity contribution >= 4 is 11.6 Å².